The van der Waals surface area contributed by atoms with Crippen molar-refractivity contribution in [2.75, 3.05) is 0 Å². The van der Waals surface area contributed by atoms with E-state index in [0.717, 1.165) is 0 Å². The first-order valence-electron chi connectivity index (χ1n) is 5.23. The number of nitrogens with zero attached hydrogens (tertiary/aromatic N) is 5. The molecule has 3 aromatic rings. The molecule has 0 aliphatic rings. The number of thiazole rings is 1. The van der Waals surface area contributed by atoms with Gasteiger partial charge in [-0.1, -0.05) is 5.21 Å². The molecule has 3 aromatic heterocycles. The number of aromatic carboxylic acids is 1. The quantitative estimate of drug-likeness (QED) is 0.728. The Labute approximate surface area is 109 Å². The fourth-order valence-corrected chi connectivity index (χ4v) is 2.35. The average molecular weight is 277 g/mol. The van der Waals surface area contributed by atoms with Gasteiger partial charge in [-0.25, -0.2) is 14.5 Å². The van der Waals surface area contributed by atoms with Gasteiger partial charge >= 0.3 is 5.97 Å². The molecule has 0 aromatic carbocycles. The predicted octanol–water partition coefficient (Wildman–Crippen LogP) is 0.0940. The highest BCUT2D eigenvalue weighted by molar-refractivity contribution is 7.15. The normalized spacial score (nSPS) is 10.9. The zero-order valence-corrected chi connectivity index (χ0v) is 10.2. The molecule has 0 radical (unpaired) electrons. The van der Waals surface area contributed by atoms with Crippen LogP contribution in [-0.4, -0.2) is 35.5 Å². The van der Waals surface area contributed by atoms with Gasteiger partial charge in [0, 0.05) is 17.6 Å². The Hall–Kier alpha value is -2.55. The molecule has 0 unspecified atom stereocenters. The van der Waals surface area contributed by atoms with Gasteiger partial charge in [0.2, 0.25) is 0 Å². The van der Waals surface area contributed by atoms with Crippen molar-refractivity contribution < 1.29 is 9.90 Å². The fourth-order valence-electron chi connectivity index (χ4n) is 1.61. The number of hydrogen-bond donors (Lipinski definition) is 1. The van der Waals surface area contributed by atoms with E-state index in [9.17, 15) is 9.59 Å². The van der Waals surface area contributed by atoms with E-state index in [1.165, 1.54) is 32.7 Å². The first-order valence-corrected chi connectivity index (χ1v) is 6.10. The van der Waals surface area contributed by atoms with Gasteiger partial charge in [0.05, 0.1) is 18.4 Å². The first-order chi connectivity index (χ1) is 9.13. The summed E-state index contributed by atoms with van der Waals surface area (Å²) in [6, 6.07) is 1.39. The second-order valence-electron chi connectivity index (χ2n) is 3.75. The van der Waals surface area contributed by atoms with E-state index in [1.807, 2.05) is 0 Å². The Morgan fingerprint density at radius 2 is 2.32 bits per heavy atom. The predicted molar refractivity (Wildman–Crippen MR) is 65.4 cm³/mol. The van der Waals surface area contributed by atoms with Crippen molar-refractivity contribution in [1.29, 1.82) is 0 Å². The molecule has 96 valence electrons. The van der Waals surface area contributed by atoms with Crippen molar-refractivity contribution in [2.45, 2.75) is 6.54 Å². The maximum absolute atomic E-state index is 11.8. The average Bonchev–Trinajstić information content (AvgIpc) is 2.97. The van der Waals surface area contributed by atoms with E-state index in [0.29, 0.717) is 10.7 Å². The minimum atomic E-state index is -1.15. The monoisotopic (exact) mass is 277 g/mol. The van der Waals surface area contributed by atoms with Crippen LogP contribution in [0.15, 0.2) is 28.6 Å². The highest BCUT2D eigenvalue weighted by Crippen LogP contribution is 2.07. The summed E-state index contributed by atoms with van der Waals surface area (Å²) in [5.41, 5.74) is 0.183. The summed E-state index contributed by atoms with van der Waals surface area (Å²) in [6.07, 6.45) is 2.94. The van der Waals surface area contributed by atoms with E-state index in [4.69, 9.17) is 5.11 Å². The van der Waals surface area contributed by atoms with E-state index in [2.05, 4.69) is 15.3 Å². The highest BCUT2D eigenvalue weighted by Gasteiger charge is 2.10. The summed E-state index contributed by atoms with van der Waals surface area (Å²) in [5, 5.41) is 17.7. The maximum atomic E-state index is 11.8. The molecular formula is C10H7N5O3S. The molecule has 0 saturated carbocycles. The van der Waals surface area contributed by atoms with Crippen molar-refractivity contribution in [3.8, 4) is 0 Å². The molecule has 0 fully saturated rings. The lowest BCUT2D eigenvalue weighted by Gasteiger charge is -2.00. The molecule has 9 heteroatoms. The number of aromatic nitrogens is 5. The minimum absolute atomic E-state index is 0.145. The molecule has 8 nitrogen and oxygen atoms in total. The molecular weight excluding hydrogens is 270 g/mol. The Morgan fingerprint density at radius 1 is 1.47 bits per heavy atom. The van der Waals surface area contributed by atoms with Gasteiger partial charge in [-0.05, 0) is 0 Å². The smallest absolute Gasteiger partial charge is 0.358 e. The number of carbonyl (C=O) groups is 1. The Balaban J connectivity index is 1.96. The number of fused-ring (bicyclic) bond motifs is 1. The molecule has 0 amide bonds. The van der Waals surface area contributed by atoms with E-state index >= 15 is 0 Å². The Morgan fingerprint density at radius 3 is 3.05 bits per heavy atom. The van der Waals surface area contributed by atoms with Crippen LogP contribution in [0.1, 0.15) is 16.2 Å². The third kappa shape index (κ3) is 2.10. The molecule has 0 bridgehead atoms. The molecule has 0 aliphatic carbocycles. The van der Waals surface area contributed by atoms with Crippen molar-refractivity contribution in [2.24, 2.45) is 0 Å². The van der Waals surface area contributed by atoms with Gasteiger partial charge < -0.3 is 5.11 Å². The second-order valence-corrected chi connectivity index (χ2v) is 4.62. The topological polar surface area (TPSA) is 102 Å². The molecule has 3 rings (SSSR count). The van der Waals surface area contributed by atoms with Gasteiger partial charge in [-0.2, -0.15) is 0 Å². The Kier molecular flexibility index (Phi) is 2.60. The van der Waals surface area contributed by atoms with Gasteiger partial charge in [0.15, 0.2) is 10.7 Å². The van der Waals surface area contributed by atoms with Crippen molar-refractivity contribution in [3.05, 3.63) is 45.6 Å². The van der Waals surface area contributed by atoms with E-state index < -0.39 is 5.97 Å². The van der Waals surface area contributed by atoms with Crippen LogP contribution in [0.4, 0.5) is 0 Å². The van der Waals surface area contributed by atoms with Crippen molar-refractivity contribution in [3.63, 3.8) is 0 Å². The molecule has 3 heterocycles. The van der Waals surface area contributed by atoms with E-state index in [-0.39, 0.29) is 17.8 Å². The third-order valence-electron chi connectivity index (χ3n) is 2.44. The largest absolute Gasteiger partial charge is 0.476 e. The summed E-state index contributed by atoms with van der Waals surface area (Å²) >= 11 is 1.35. The molecule has 0 atom stereocenters. The van der Waals surface area contributed by atoms with Crippen LogP contribution in [0, 0.1) is 0 Å². The zero-order valence-electron chi connectivity index (χ0n) is 9.42. The standard InChI is InChI=1S/C10H7N5O3S/c16-8-3-6(11-10-15(8)1-2-19-10)4-14-5-7(9(17)18)12-13-14/h1-3,5H,4H2,(H,17,18). The summed E-state index contributed by atoms with van der Waals surface area (Å²) in [4.78, 5) is 27.3. The number of carboxylic acid groups (broad SMARTS) is 1. The van der Waals surface area contributed by atoms with Crippen LogP contribution in [0.5, 0.6) is 0 Å². The number of hydrogen-bond acceptors (Lipinski definition) is 6. The lowest BCUT2D eigenvalue weighted by Crippen LogP contribution is -2.14. The van der Waals surface area contributed by atoms with Crippen molar-refractivity contribution in [1.82, 2.24) is 24.4 Å². The second kappa shape index (κ2) is 4.28. The van der Waals surface area contributed by atoms with Crippen molar-refractivity contribution >= 4 is 22.3 Å². The third-order valence-corrected chi connectivity index (χ3v) is 3.19. The van der Waals surface area contributed by atoms with Crippen LogP contribution >= 0.6 is 11.3 Å². The fraction of sp³-hybridized carbons (Fsp3) is 0.100. The minimum Gasteiger partial charge on any atom is -0.476 e. The number of rotatable bonds is 3. The summed E-state index contributed by atoms with van der Waals surface area (Å²) < 4.78 is 2.77. The van der Waals surface area contributed by atoms with Crippen LogP contribution in [-0.2, 0) is 6.54 Å². The van der Waals surface area contributed by atoms with Crippen LogP contribution in [0.25, 0.3) is 4.96 Å². The number of carboxylic acids is 1. The first kappa shape index (κ1) is 11.5. The summed E-state index contributed by atoms with van der Waals surface area (Å²) in [5.74, 6) is -1.15. The van der Waals surface area contributed by atoms with Crippen LogP contribution < -0.4 is 5.56 Å². The van der Waals surface area contributed by atoms with Crippen LogP contribution in [0.2, 0.25) is 0 Å². The SMILES string of the molecule is O=C(O)c1cn(Cc2cc(=O)n3ccsc3n2)nn1. The van der Waals surface area contributed by atoms with Crippen LogP contribution in [0.3, 0.4) is 0 Å². The molecule has 1 N–H and O–H groups in total. The molecule has 0 saturated heterocycles. The highest BCUT2D eigenvalue weighted by atomic mass is 32.1. The summed E-state index contributed by atoms with van der Waals surface area (Å²) in [7, 11) is 0. The van der Waals surface area contributed by atoms with Gasteiger partial charge in [-0.15, -0.1) is 16.4 Å². The lowest BCUT2D eigenvalue weighted by atomic mass is 10.4. The molecule has 0 aliphatic heterocycles. The van der Waals surface area contributed by atoms with Gasteiger partial charge in [0.25, 0.3) is 5.56 Å². The zero-order chi connectivity index (χ0) is 13.4. The molecule has 0 spiro atoms. The van der Waals surface area contributed by atoms with Gasteiger partial charge in [0.1, 0.15) is 0 Å². The Bertz CT molecular complexity index is 818. The lowest BCUT2D eigenvalue weighted by molar-refractivity contribution is 0.0690. The maximum Gasteiger partial charge on any atom is 0.358 e. The van der Waals surface area contributed by atoms with Gasteiger partial charge in [-0.3, -0.25) is 9.20 Å². The summed E-state index contributed by atoms with van der Waals surface area (Å²) in [6.45, 7) is 0.198. The van der Waals surface area contributed by atoms with E-state index in [1.54, 1.807) is 11.6 Å². The molecule has 19 heavy (non-hydrogen) atoms.